The molecule has 6 nitrogen and oxygen atoms in total. The minimum atomic E-state index is 0.0742. The predicted molar refractivity (Wildman–Crippen MR) is 89.1 cm³/mol. The topological polar surface area (TPSA) is 61.9 Å². The van der Waals surface area contributed by atoms with Gasteiger partial charge in [0, 0.05) is 52.1 Å². The van der Waals surface area contributed by atoms with Gasteiger partial charge in [0.05, 0.1) is 13.2 Å². The van der Waals surface area contributed by atoms with Gasteiger partial charge in [-0.3, -0.25) is 14.5 Å². The molecule has 1 saturated carbocycles. The Labute approximate surface area is 139 Å². The number of hydrogen-bond acceptors (Lipinski definition) is 4. The Morgan fingerprint density at radius 1 is 1.13 bits per heavy atom. The quantitative estimate of drug-likeness (QED) is 0.754. The summed E-state index contributed by atoms with van der Waals surface area (Å²) >= 11 is 0. The van der Waals surface area contributed by atoms with Gasteiger partial charge >= 0.3 is 0 Å². The van der Waals surface area contributed by atoms with Crippen LogP contribution in [0.15, 0.2) is 0 Å². The Hall–Kier alpha value is -1.14. The van der Waals surface area contributed by atoms with Crippen molar-refractivity contribution in [2.24, 2.45) is 5.92 Å². The summed E-state index contributed by atoms with van der Waals surface area (Å²) in [7, 11) is 0. The Kier molecular flexibility index (Phi) is 7.82. The highest BCUT2D eigenvalue weighted by Gasteiger charge is 2.21. The van der Waals surface area contributed by atoms with Gasteiger partial charge in [0.25, 0.3) is 0 Å². The SMILES string of the molecule is CC(=O)N(CCNC(=O)C1CCCCC1)CCN1CCOCC1. The minimum absolute atomic E-state index is 0.0742. The van der Waals surface area contributed by atoms with Crippen molar-refractivity contribution < 1.29 is 14.3 Å². The van der Waals surface area contributed by atoms with E-state index in [-0.39, 0.29) is 17.7 Å². The lowest BCUT2D eigenvalue weighted by Crippen LogP contribution is -2.45. The van der Waals surface area contributed by atoms with E-state index in [0.717, 1.165) is 58.5 Å². The molecule has 23 heavy (non-hydrogen) atoms. The second-order valence-corrected chi connectivity index (χ2v) is 6.59. The van der Waals surface area contributed by atoms with E-state index in [9.17, 15) is 9.59 Å². The highest BCUT2D eigenvalue weighted by molar-refractivity contribution is 5.78. The molecule has 2 rings (SSSR count). The van der Waals surface area contributed by atoms with Crippen molar-refractivity contribution in [3.8, 4) is 0 Å². The average molecular weight is 325 g/mol. The Balaban J connectivity index is 1.65. The van der Waals surface area contributed by atoms with Crippen LogP contribution >= 0.6 is 0 Å². The van der Waals surface area contributed by atoms with Crippen LogP contribution in [0.5, 0.6) is 0 Å². The van der Waals surface area contributed by atoms with Crippen LogP contribution in [-0.4, -0.2) is 74.1 Å². The van der Waals surface area contributed by atoms with Crippen LogP contribution in [0.3, 0.4) is 0 Å². The van der Waals surface area contributed by atoms with Gasteiger partial charge < -0.3 is 15.0 Å². The largest absolute Gasteiger partial charge is 0.379 e. The maximum atomic E-state index is 12.1. The van der Waals surface area contributed by atoms with E-state index < -0.39 is 0 Å². The van der Waals surface area contributed by atoms with E-state index >= 15 is 0 Å². The van der Waals surface area contributed by atoms with Gasteiger partial charge in [-0.15, -0.1) is 0 Å². The monoisotopic (exact) mass is 325 g/mol. The van der Waals surface area contributed by atoms with Crippen molar-refractivity contribution in [2.45, 2.75) is 39.0 Å². The normalized spacial score (nSPS) is 20.2. The van der Waals surface area contributed by atoms with Gasteiger partial charge in [0.2, 0.25) is 11.8 Å². The first-order valence-electron chi connectivity index (χ1n) is 9.00. The summed E-state index contributed by atoms with van der Waals surface area (Å²) in [6.07, 6.45) is 5.61. The number of amides is 2. The number of ether oxygens (including phenoxy) is 1. The number of carbonyl (C=O) groups excluding carboxylic acids is 2. The van der Waals surface area contributed by atoms with Gasteiger partial charge in [0.1, 0.15) is 0 Å². The zero-order valence-corrected chi connectivity index (χ0v) is 14.4. The van der Waals surface area contributed by atoms with Crippen molar-refractivity contribution in [2.75, 3.05) is 52.5 Å². The number of nitrogens with one attached hydrogen (secondary N) is 1. The third kappa shape index (κ3) is 6.47. The molecule has 1 N–H and O–H groups in total. The lowest BCUT2D eigenvalue weighted by Gasteiger charge is -2.30. The van der Waals surface area contributed by atoms with Gasteiger partial charge in [-0.1, -0.05) is 19.3 Å². The smallest absolute Gasteiger partial charge is 0.223 e. The maximum Gasteiger partial charge on any atom is 0.223 e. The summed E-state index contributed by atoms with van der Waals surface area (Å²) in [4.78, 5) is 28.0. The van der Waals surface area contributed by atoms with Crippen molar-refractivity contribution in [3.63, 3.8) is 0 Å². The standard InChI is InChI=1S/C17H31N3O3/c1-15(21)20(10-9-19-11-13-23-14-12-19)8-7-18-17(22)16-5-3-2-4-6-16/h16H,2-14H2,1H3,(H,18,22). The number of nitrogens with zero attached hydrogens (tertiary/aromatic N) is 2. The first-order valence-corrected chi connectivity index (χ1v) is 9.00. The number of hydrogen-bond donors (Lipinski definition) is 1. The summed E-state index contributed by atoms with van der Waals surface area (Å²) in [5.41, 5.74) is 0. The van der Waals surface area contributed by atoms with Gasteiger partial charge in [0.15, 0.2) is 0 Å². The fourth-order valence-electron chi connectivity index (χ4n) is 3.34. The van der Waals surface area contributed by atoms with Crippen molar-refractivity contribution in [1.29, 1.82) is 0 Å². The first kappa shape index (κ1) is 18.2. The molecule has 1 aliphatic carbocycles. The fraction of sp³-hybridized carbons (Fsp3) is 0.882. The molecule has 1 aliphatic heterocycles. The van der Waals surface area contributed by atoms with E-state index in [1.165, 1.54) is 6.42 Å². The summed E-state index contributed by atoms with van der Waals surface area (Å²) in [6, 6.07) is 0. The molecule has 0 atom stereocenters. The molecule has 1 heterocycles. The lowest BCUT2D eigenvalue weighted by molar-refractivity contribution is -0.130. The minimum Gasteiger partial charge on any atom is -0.379 e. The molecule has 0 bridgehead atoms. The Bertz CT molecular complexity index is 377. The van der Waals surface area contributed by atoms with E-state index in [4.69, 9.17) is 4.74 Å². The molecule has 0 spiro atoms. The number of rotatable bonds is 7. The predicted octanol–water partition coefficient (Wildman–Crippen LogP) is 0.864. The summed E-state index contributed by atoms with van der Waals surface area (Å²) < 4.78 is 5.33. The molecule has 2 amide bonds. The molecule has 0 unspecified atom stereocenters. The lowest BCUT2D eigenvalue weighted by atomic mass is 9.89. The molecule has 132 valence electrons. The molecule has 0 aromatic rings. The zero-order chi connectivity index (χ0) is 16.5. The first-order chi connectivity index (χ1) is 11.2. The molecule has 6 heteroatoms. The summed E-state index contributed by atoms with van der Waals surface area (Å²) in [5, 5.41) is 3.01. The molecule has 2 fully saturated rings. The fourth-order valence-corrected chi connectivity index (χ4v) is 3.34. The number of carbonyl (C=O) groups is 2. The molecular weight excluding hydrogens is 294 g/mol. The molecule has 2 aliphatic rings. The Morgan fingerprint density at radius 2 is 1.83 bits per heavy atom. The molecular formula is C17H31N3O3. The van der Waals surface area contributed by atoms with Gasteiger partial charge in [-0.25, -0.2) is 0 Å². The number of morpholine rings is 1. The van der Waals surface area contributed by atoms with Gasteiger partial charge in [-0.2, -0.15) is 0 Å². The summed E-state index contributed by atoms with van der Waals surface area (Å²) in [5.74, 6) is 0.425. The van der Waals surface area contributed by atoms with E-state index in [0.29, 0.717) is 19.6 Å². The van der Waals surface area contributed by atoms with E-state index in [2.05, 4.69) is 10.2 Å². The van der Waals surface area contributed by atoms with Crippen LogP contribution in [0.4, 0.5) is 0 Å². The second-order valence-electron chi connectivity index (χ2n) is 6.59. The van der Waals surface area contributed by atoms with E-state index in [1.54, 1.807) is 6.92 Å². The van der Waals surface area contributed by atoms with Gasteiger partial charge in [-0.05, 0) is 12.8 Å². The van der Waals surface area contributed by atoms with Crippen molar-refractivity contribution in [3.05, 3.63) is 0 Å². The Morgan fingerprint density at radius 3 is 2.48 bits per heavy atom. The highest BCUT2D eigenvalue weighted by atomic mass is 16.5. The maximum absolute atomic E-state index is 12.1. The highest BCUT2D eigenvalue weighted by Crippen LogP contribution is 2.23. The van der Waals surface area contributed by atoms with Crippen LogP contribution in [-0.2, 0) is 14.3 Å². The van der Waals surface area contributed by atoms with Crippen molar-refractivity contribution in [1.82, 2.24) is 15.1 Å². The van der Waals surface area contributed by atoms with E-state index in [1.807, 2.05) is 4.90 Å². The second kappa shape index (κ2) is 9.88. The van der Waals surface area contributed by atoms with Crippen LogP contribution in [0.2, 0.25) is 0 Å². The average Bonchev–Trinajstić information content (AvgIpc) is 2.59. The zero-order valence-electron chi connectivity index (χ0n) is 14.4. The van der Waals surface area contributed by atoms with Crippen LogP contribution in [0, 0.1) is 5.92 Å². The third-order valence-corrected chi connectivity index (χ3v) is 4.89. The van der Waals surface area contributed by atoms with Crippen LogP contribution in [0.25, 0.3) is 0 Å². The third-order valence-electron chi connectivity index (χ3n) is 4.89. The van der Waals surface area contributed by atoms with Crippen molar-refractivity contribution >= 4 is 11.8 Å². The summed E-state index contributed by atoms with van der Waals surface area (Å²) in [6.45, 7) is 7.76. The molecule has 1 saturated heterocycles. The van der Waals surface area contributed by atoms with Crippen LogP contribution in [0.1, 0.15) is 39.0 Å². The van der Waals surface area contributed by atoms with Crippen LogP contribution < -0.4 is 5.32 Å². The molecule has 0 aromatic heterocycles. The molecule has 0 radical (unpaired) electrons. The molecule has 0 aromatic carbocycles.